The van der Waals surface area contributed by atoms with Gasteiger partial charge in [0.1, 0.15) is 30.7 Å². The van der Waals surface area contributed by atoms with E-state index in [0.717, 1.165) is 0 Å². The van der Waals surface area contributed by atoms with Crippen LogP contribution in [0.5, 0.6) is 5.75 Å². The number of carbonyl (C=O) groups is 3. The molecule has 12 heteroatoms. The summed E-state index contributed by atoms with van der Waals surface area (Å²) in [5.41, 5.74) is 0.663. The third-order valence-electron chi connectivity index (χ3n) is 3.85. The molecule has 3 unspecified atom stereocenters. The maximum Gasteiger partial charge on any atom is 0.335 e. The molecule has 28 heavy (non-hydrogen) atoms. The van der Waals surface area contributed by atoms with Gasteiger partial charge in [-0.15, -0.1) is 0 Å². The first-order valence-electron chi connectivity index (χ1n) is 8.23. The van der Waals surface area contributed by atoms with Crippen molar-refractivity contribution in [3.05, 3.63) is 23.8 Å². The molecule has 1 aliphatic rings. The molecule has 0 aliphatic carbocycles. The Morgan fingerprint density at radius 1 is 1.18 bits per heavy atom. The van der Waals surface area contributed by atoms with E-state index in [0.29, 0.717) is 5.56 Å². The average molecular weight is 397 g/mol. The number of anilines is 1. The number of carboxylic acid groups (broad SMARTS) is 1. The monoisotopic (exact) mass is 397 g/mol. The van der Waals surface area contributed by atoms with E-state index < -0.39 is 48.5 Å². The number of ether oxygens (including phenoxy) is 3. The number of rotatable bonds is 6. The molecule has 0 bridgehead atoms. The highest BCUT2D eigenvalue weighted by Gasteiger charge is 2.48. The first-order valence-corrected chi connectivity index (χ1v) is 8.23. The van der Waals surface area contributed by atoms with Crippen molar-refractivity contribution in [3.8, 4) is 5.75 Å². The number of aliphatic hydroxyl groups excluding tert-OH is 3. The number of carboxylic acids is 1. The van der Waals surface area contributed by atoms with Gasteiger partial charge < -0.3 is 40.0 Å². The minimum atomic E-state index is -1.85. The second-order valence-corrected chi connectivity index (χ2v) is 6.14. The van der Waals surface area contributed by atoms with E-state index in [1.54, 1.807) is 0 Å². The molecular formula is C16H20BNO10. The lowest BCUT2D eigenvalue weighted by molar-refractivity contribution is -0.271. The maximum absolute atomic E-state index is 11.5. The number of nitrogens with one attached hydrogen (secondary N) is 1. The van der Waals surface area contributed by atoms with Crippen molar-refractivity contribution >= 4 is 31.3 Å². The van der Waals surface area contributed by atoms with Crippen LogP contribution in [0.15, 0.2) is 18.2 Å². The summed E-state index contributed by atoms with van der Waals surface area (Å²) in [6.07, 6.45) is -8.89. The largest absolute Gasteiger partial charge is 0.479 e. The maximum atomic E-state index is 11.5. The first-order chi connectivity index (χ1) is 13.1. The van der Waals surface area contributed by atoms with Gasteiger partial charge in [-0.2, -0.15) is 0 Å². The molecule has 1 aromatic carbocycles. The topological polar surface area (TPSA) is 172 Å². The summed E-state index contributed by atoms with van der Waals surface area (Å²) in [4.78, 5) is 33.6. The van der Waals surface area contributed by atoms with E-state index in [2.05, 4.69) is 5.32 Å². The van der Waals surface area contributed by atoms with E-state index in [-0.39, 0.29) is 18.0 Å². The number of hydrogen-bond acceptors (Lipinski definition) is 9. The van der Waals surface area contributed by atoms with E-state index >= 15 is 0 Å². The van der Waals surface area contributed by atoms with Crippen molar-refractivity contribution in [1.29, 1.82) is 0 Å². The van der Waals surface area contributed by atoms with Gasteiger partial charge in [-0.3, -0.25) is 9.59 Å². The molecule has 0 spiro atoms. The summed E-state index contributed by atoms with van der Waals surface area (Å²) >= 11 is 0. The Balaban J connectivity index is 2.26. The zero-order chi connectivity index (χ0) is 21.0. The quantitative estimate of drug-likeness (QED) is 0.344. The Bertz CT molecular complexity index is 757. The summed E-state index contributed by atoms with van der Waals surface area (Å²) < 4.78 is 15.4. The van der Waals surface area contributed by atoms with Crippen LogP contribution in [0.3, 0.4) is 0 Å². The summed E-state index contributed by atoms with van der Waals surface area (Å²) in [6.45, 7) is 1.19. The van der Waals surface area contributed by atoms with E-state index in [1.165, 1.54) is 33.0 Å². The average Bonchev–Trinajstić information content (AvgIpc) is 2.61. The number of aliphatic carboxylic acids is 1. The zero-order valence-electron chi connectivity index (χ0n) is 15.1. The van der Waals surface area contributed by atoms with Gasteiger partial charge in [0.05, 0.1) is 5.69 Å². The van der Waals surface area contributed by atoms with Gasteiger partial charge in [0.2, 0.25) is 25.9 Å². The lowest BCUT2D eigenvalue weighted by atomic mass is 9.99. The molecule has 1 saturated heterocycles. The molecule has 1 amide bonds. The molecule has 0 saturated carbocycles. The second kappa shape index (κ2) is 9.02. The third-order valence-corrected chi connectivity index (χ3v) is 3.85. The third kappa shape index (κ3) is 5.20. The van der Waals surface area contributed by atoms with Crippen LogP contribution in [0.2, 0.25) is 0 Å². The highest BCUT2D eigenvalue weighted by Crippen LogP contribution is 2.31. The van der Waals surface area contributed by atoms with Crippen molar-refractivity contribution in [2.24, 2.45) is 0 Å². The van der Waals surface area contributed by atoms with Crippen molar-refractivity contribution in [3.63, 3.8) is 0 Å². The number of carbonyl (C=O) groups excluding carboxylic acids is 2. The van der Waals surface area contributed by atoms with E-state index in [4.69, 9.17) is 19.3 Å². The minimum absolute atomic E-state index is 0.00134. The molecule has 0 radical (unpaired) electrons. The van der Waals surface area contributed by atoms with Gasteiger partial charge >= 0.3 is 5.97 Å². The van der Waals surface area contributed by atoms with Crippen LogP contribution in [0.25, 0.3) is 0 Å². The van der Waals surface area contributed by atoms with Crippen molar-refractivity contribution in [2.75, 3.05) is 5.32 Å². The van der Waals surface area contributed by atoms with E-state index in [9.17, 15) is 29.7 Å². The molecule has 1 aliphatic heterocycles. The molecule has 1 aromatic rings. The fraction of sp³-hybridized carbons (Fsp3) is 0.438. The first kappa shape index (κ1) is 21.6. The Kier molecular flexibility index (Phi) is 6.97. The van der Waals surface area contributed by atoms with Crippen molar-refractivity contribution < 1.29 is 49.0 Å². The van der Waals surface area contributed by atoms with E-state index in [1.807, 2.05) is 0 Å². The molecule has 1 fully saturated rings. The summed E-state index contributed by atoms with van der Waals surface area (Å²) in [6, 6.07) is 4.35. The predicted molar refractivity (Wildman–Crippen MR) is 94.4 cm³/mol. The summed E-state index contributed by atoms with van der Waals surface area (Å²) in [5, 5.41) is 41.2. The number of benzene rings is 1. The van der Waals surface area contributed by atoms with Gasteiger partial charge in [-0.25, -0.2) is 4.79 Å². The summed E-state index contributed by atoms with van der Waals surface area (Å²) in [5.74, 6) is -2.49. The highest BCUT2D eigenvalue weighted by molar-refractivity contribution is 6.55. The van der Waals surface area contributed by atoms with Crippen LogP contribution >= 0.6 is 0 Å². The van der Waals surface area contributed by atoms with Gasteiger partial charge in [-0.05, 0) is 17.7 Å². The second-order valence-electron chi connectivity index (χ2n) is 6.14. The van der Waals surface area contributed by atoms with Gasteiger partial charge in [0, 0.05) is 6.92 Å². The van der Waals surface area contributed by atoms with Gasteiger partial charge in [0.25, 0.3) is 0 Å². The fourth-order valence-corrected chi connectivity index (χ4v) is 2.52. The van der Waals surface area contributed by atoms with Crippen molar-refractivity contribution in [2.45, 2.75) is 44.2 Å². The molecule has 11 nitrogen and oxygen atoms in total. The smallest absolute Gasteiger partial charge is 0.335 e. The molecule has 5 atom stereocenters. The lowest BCUT2D eigenvalue weighted by Gasteiger charge is -2.38. The van der Waals surface area contributed by atoms with Crippen LogP contribution < -0.4 is 10.1 Å². The fourth-order valence-electron chi connectivity index (χ4n) is 2.52. The molecule has 2 rings (SSSR count). The molecule has 1 heterocycles. The Labute approximate surface area is 160 Å². The lowest BCUT2D eigenvalue weighted by Crippen LogP contribution is -2.61. The van der Waals surface area contributed by atoms with Crippen molar-refractivity contribution in [1.82, 2.24) is 0 Å². The predicted octanol–water partition coefficient (Wildman–Crippen LogP) is -1.81. The number of hydrogen-bond donors (Lipinski definition) is 5. The van der Waals surface area contributed by atoms with Crippen LogP contribution in [0, 0.1) is 0 Å². The Hall–Kier alpha value is -2.67. The number of aliphatic hydroxyl groups is 3. The molecule has 0 aromatic heterocycles. The minimum Gasteiger partial charge on any atom is -0.479 e. The van der Waals surface area contributed by atoms with Gasteiger partial charge in [-0.1, -0.05) is 6.07 Å². The Morgan fingerprint density at radius 3 is 2.43 bits per heavy atom. The van der Waals surface area contributed by atoms with Crippen LogP contribution in [-0.4, -0.2) is 76.7 Å². The van der Waals surface area contributed by atoms with Crippen LogP contribution in [-0.2, 0) is 25.7 Å². The van der Waals surface area contributed by atoms with Crippen LogP contribution in [0.1, 0.15) is 12.5 Å². The highest BCUT2D eigenvalue weighted by atomic mass is 16.7. The van der Waals surface area contributed by atoms with Gasteiger partial charge in [0.15, 0.2) is 6.10 Å². The SMILES string of the molecule is BC(=O)OCc1ccc(OC2OC(C(=O)O)[C@@H](O)C(O)[C@H]2O)c(NC(C)=O)c1. The molecular weight excluding hydrogens is 377 g/mol. The normalized spacial score (nSPS) is 26.9. The Morgan fingerprint density at radius 2 is 1.86 bits per heavy atom. The zero-order valence-corrected chi connectivity index (χ0v) is 15.1. The molecule has 5 N–H and O–H groups in total. The molecule has 152 valence electrons. The summed E-state index contributed by atoms with van der Waals surface area (Å²) in [7, 11) is 1.24. The number of amides is 1. The van der Waals surface area contributed by atoms with Crippen LogP contribution in [0.4, 0.5) is 10.5 Å². The standard InChI is InChI=1S/C16H20BNO10/c1-6(19)18-8-4-7(5-26-16(17)25)2-3-9(8)27-15-12(22)10(20)11(21)13(28-15)14(23)24/h2-4,10-13,15,20-22H,5,17H2,1H3,(H,18,19)(H,23,24)/t10?,11-,12+,13?,15?/m0/s1.